The summed E-state index contributed by atoms with van der Waals surface area (Å²) in [6.07, 6.45) is 4.43. The maximum Gasteiger partial charge on any atom is 0.264 e. The first kappa shape index (κ1) is 43.8. The number of hydrogen-bond acceptors (Lipinski definition) is 10. The normalized spacial score (nSPS) is 14.5. The van der Waals surface area contributed by atoms with Gasteiger partial charge in [0.1, 0.15) is 11.5 Å². The third kappa shape index (κ3) is 5.78. The average Bonchev–Trinajstić information content (AvgIpc) is 4.03. The Hall–Kier alpha value is -7.41. The fraction of sp³-hybridized carbons (Fsp3) is 0.0794. The minimum Gasteiger partial charge on any atom is -0.458 e. The van der Waals surface area contributed by atoms with E-state index in [-0.39, 0.29) is 20.1 Å². The van der Waals surface area contributed by atoms with Crippen LogP contribution in [0.3, 0.4) is 0 Å². The van der Waals surface area contributed by atoms with Crippen LogP contribution in [0.5, 0.6) is 11.5 Å². The summed E-state index contributed by atoms with van der Waals surface area (Å²) >= 11 is 7.45. The van der Waals surface area contributed by atoms with Gasteiger partial charge in [0.15, 0.2) is 0 Å². The predicted octanol–water partition coefficient (Wildman–Crippen LogP) is 11.8. The number of nitrogens with one attached hydrogen (secondary N) is 1. The molecule has 0 atom stereocenters. The summed E-state index contributed by atoms with van der Waals surface area (Å²) in [4.78, 5) is 5.09. The molecule has 76 heavy (non-hydrogen) atoms. The van der Waals surface area contributed by atoms with Gasteiger partial charge in [-0.25, -0.2) is 0 Å². The number of ether oxygens (including phenoxy) is 1. The third-order valence-electron chi connectivity index (χ3n) is 16.7. The highest BCUT2D eigenvalue weighted by Gasteiger charge is 2.50. The van der Waals surface area contributed by atoms with Crippen LogP contribution in [0.15, 0.2) is 170 Å². The van der Waals surface area contributed by atoms with Gasteiger partial charge in [0.2, 0.25) is 0 Å². The predicted molar refractivity (Wildman–Crippen MR) is 335 cm³/mol. The number of rotatable bonds is 4. The molecule has 1 N–H and O–H groups in total. The molecule has 13 heteroatoms. The molecule has 11 aromatic rings. The zero-order valence-corrected chi connectivity index (χ0v) is 45.5. The van der Waals surface area contributed by atoms with Crippen LogP contribution in [0.25, 0.3) is 20.2 Å². The van der Waals surface area contributed by atoms with Gasteiger partial charge in [-0.2, -0.15) is 0 Å². The number of anilines is 12. The lowest BCUT2D eigenvalue weighted by molar-refractivity contribution is 0.487. The zero-order valence-electron chi connectivity index (χ0n) is 42.2. The van der Waals surface area contributed by atoms with Crippen LogP contribution in [-0.4, -0.2) is 32.6 Å². The van der Waals surface area contributed by atoms with Crippen LogP contribution in [0.4, 0.5) is 68.2 Å². The third-order valence-corrected chi connectivity index (χ3v) is 20.7. The Kier molecular flexibility index (Phi) is 9.12. The number of thiophene rings is 2. The Morgan fingerprint density at radius 2 is 0.921 bits per heavy atom. The van der Waals surface area contributed by atoms with E-state index < -0.39 is 0 Å². The molecule has 6 aliphatic rings. The second kappa shape index (κ2) is 15.8. The van der Waals surface area contributed by atoms with Crippen LogP contribution in [-0.2, 0) is 0 Å². The van der Waals surface area contributed by atoms with Crippen LogP contribution in [0, 0.1) is 20.8 Å². The number of aryl methyl sites for hydroxylation is 3. The van der Waals surface area contributed by atoms with Crippen molar-refractivity contribution in [2.24, 2.45) is 0 Å². The highest BCUT2D eigenvalue weighted by molar-refractivity contribution is 8.00. The first-order chi connectivity index (χ1) is 37.3. The summed E-state index contributed by atoms with van der Waals surface area (Å²) in [6, 6.07) is 64.3. The second-order valence-electron chi connectivity index (χ2n) is 21.0. The molecule has 6 aliphatic heterocycles. The molecule has 0 amide bonds. The van der Waals surface area contributed by atoms with E-state index in [0.717, 1.165) is 17.2 Å². The molecule has 6 nitrogen and oxygen atoms in total. The standard InChI is InChI=1S/C63H44B3N5OS4/c1-34-24-46-57-49(25-34)68(37-16-8-6-9-17-37)60-39-20-12-14-22-55(39)75-62(60)65(57)41-30-42-47(32-45(41)67-46)70(73-4)52-28-36(3)29-54-59(52)64(42)44-31-43-48(33-53(44)72-54)71(74-5)51-27-35(2)26-50-58(51)66(43)63-61(40-21-13-15-23-56(40)76-63)69(50)38-18-10-7-11-19-38/h6-33,67H,1-5H3. The highest BCUT2D eigenvalue weighted by Crippen LogP contribution is 2.50. The lowest BCUT2D eigenvalue weighted by atomic mass is 9.30. The molecule has 0 saturated carbocycles. The van der Waals surface area contributed by atoms with Crippen molar-refractivity contribution in [1.82, 2.24) is 0 Å². The summed E-state index contributed by atoms with van der Waals surface area (Å²) in [7, 11) is 0. The Morgan fingerprint density at radius 1 is 0.421 bits per heavy atom. The molecule has 17 rings (SSSR count). The summed E-state index contributed by atoms with van der Waals surface area (Å²) in [5.41, 5.74) is 27.3. The van der Waals surface area contributed by atoms with Crippen molar-refractivity contribution in [2.45, 2.75) is 20.8 Å². The van der Waals surface area contributed by atoms with Gasteiger partial charge in [0.05, 0.1) is 28.4 Å². The fourth-order valence-electron chi connectivity index (χ4n) is 13.9. The van der Waals surface area contributed by atoms with Crippen molar-refractivity contribution in [3.05, 3.63) is 187 Å². The number of hydrogen-bond donors (Lipinski definition) is 1. The van der Waals surface area contributed by atoms with Gasteiger partial charge in [-0.1, -0.05) is 84.9 Å². The van der Waals surface area contributed by atoms with Gasteiger partial charge in [-0.15, -0.1) is 22.7 Å². The van der Waals surface area contributed by atoms with Crippen LogP contribution >= 0.6 is 46.6 Å². The molecular formula is C63H44B3N5OS4. The van der Waals surface area contributed by atoms with E-state index in [0.29, 0.717) is 0 Å². The molecule has 0 unspecified atom stereocenters. The quantitative estimate of drug-likeness (QED) is 0.138. The minimum atomic E-state index is -0.0959. The Labute approximate surface area is 459 Å². The van der Waals surface area contributed by atoms with E-state index >= 15 is 0 Å². The number of para-hydroxylation sites is 2. The monoisotopic (exact) mass is 1050 g/mol. The Balaban J connectivity index is 0.926. The average molecular weight is 1050 g/mol. The van der Waals surface area contributed by atoms with Crippen molar-refractivity contribution >= 4 is 203 Å². The first-order valence-corrected chi connectivity index (χ1v) is 30.0. The molecule has 0 fully saturated rings. The fourth-order valence-corrected chi connectivity index (χ4v) is 17.9. The molecule has 0 bridgehead atoms. The lowest BCUT2D eigenvalue weighted by Gasteiger charge is -2.44. The largest absolute Gasteiger partial charge is 0.458 e. The molecule has 2 aromatic heterocycles. The van der Waals surface area contributed by atoms with Gasteiger partial charge >= 0.3 is 0 Å². The SMILES string of the molecule is CSN1c2cc3c(cc2B2c4cc5c(cc4Oc4cc(C)cc1c42)N(SC)c1cc(C)cc2c1B5c1sc4ccccc4c1N2c1ccccc1)B1c2sc4ccccc4c2N(c2ccccc2)c2cc(C)cc(c21)N3. The molecular weight excluding hydrogens is 1000 g/mol. The van der Waals surface area contributed by atoms with E-state index in [1.54, 1.807) is 23.9 Å². The van der Waals surface area contributed by atoms with Crippen molar-refractivity contribution in [3.63, 3.8) is 0 Å². The van der Waals surface area contributed by atoms with E-state index in [2.05, 4.69) is 227 Å². The summed E-state index contributed by atoms with van der Waals surface area (Å²) in [5, 5.41) is 6.68. The van der Waals surface area contributed by atoms with E-state index in [4.69, 9.17) is 4.74 Å². The zero-order chi connectivity index (χ0) is 50.4. The van der Waals surface area contributed by atoms with E-state index in [1.807, 2.05) is 22.7 Å². The van der Waals surface area contributed by atoms with Crippen molar-refractivity contribution < 1.29 is 4.74 Å². The van der Waals surface area contributed by atoms with Crippen molar-refractivity contribution in [1.29, 1.82) is 0 Å². The molecule has 0 saturated heterocycles. The molecule has 9 aromatic carbocycles. The maximum atomic E-state index is 7.36. The van der Waals surface area contributed by atoms with Gasteiger partial charge < -0.3 is 19.9 Å². The molecule has 0 aliphatic carbocycles. The van der Waals surface area contributed by atoms with Gasteiger partial charge in [0.25, 0.3) is 20.1 Å². The van der Waals surface area contributed by atoms with E-state index in [9.17, 15) is 0 Å². The summed E-state index contributed by atoms with van der Waals surface area (Å²) < 4.78 is 17.7. The molecule has 0 spiro atoms. The van der Waals surface area contributed by atoms with Gasteiger partial charge in [0, 0.05) is 88.1 Å². The Bertz CT molecular complexity index is 4390. The second-order valence-corrected chi connectivity index (χ2v) is 24.7. The number of benzene rings is 9. The number of fused-ring (bicyclic) bond motifs is 16. The minimum absolute atomic E-state index is 0.00130. The molecule has 8 heterocycles. The van der Waals surface area contributed by atoms with Crippen molar-refractivity contribution in [2.75, 3.05) is 36.2 Å². The van der Waals surface area contributed by atoms with Crippen molar-refractivity contribution in [3.8, 4) is 11.5 Å². The first-order valence-electron chi connectivity index (χ1n) is 26.0. The van der Waals surface area contributed by atoms with E-state index in [1.165, 1.54) is 147 Å². The van der Waals surface area contributed by atoms with Gasteiger partial charge in [-0.3, -0.25) is 8.61 Å². The van der Waals surface area contributed by atoms with Crippen LogP contribution in [0.2, 0.25) is 0 Å². The lowest BCUT2D eigenvalue weighted by Crippen LogP contribution is -2.65. The summed E-state index contributed by atoms with van der Waals surface area (Å²) in [6.45, 7) is 6.61. The Morgan fingerprint density at radius 3 is 1.55 bits per heavy atom. The molecule has 360 valence electrons. The van der Waals surface area contributed by atoms with Crippen LogP contribution in [0.1, 0.15) is 16.7 Å². The van der Waals surface area contributed by atoms with Gasteiger partial charge in [-0.05, 0) is 178 Å². The topological polar surface area (TPSA) is 34.2 Å². The molecule has 0 radical (unpaired) electrons. The highest BCUT2D eigenvalue weighted by atomic mass is 32.2. The van der Waals surface area contributed by atoms with Crippen LogP contribution < -0.4 is 76.3 Å². The summed E-state index contributed by atoms with van der Waals surface area (Å²) in [5.74, 6) is 1.86. The maximum absolute atomic E-state index is 7.36. The smallest absolute Gasteiger partial charge is 0.264 e. The number of nitrogens with zero attached hydrogens (tertiary/aromatic N) is 4.